The van der Waals surface area contributed by atoms with Crippen LogP contribution < -0.4 is 18.9 Å². The molecule has 1 aromatic heterocycles. The van der Waals surface area contributed by atoms with Crippen molar-refractivity contribution >= 4 is 36.9 Å². The molecule has 0 aliphatic heterocycles. The topological polar surface area (TPSA) is 39.1 Å². The van der Waals surface area contributed by atoms with Crippen LogP contribution in [0.1, 0.15) is 0 Å². The molecule has 6 heteroatoms. The van der Waals surface area contributed by atoms with Gasteiger partial charge in [-0.1, -0.05) is 62.4 Å². The van der Waals surface area contributed by atoms with E-state index in [1.165, 1.54) is 3.97 Å². The SMILES string of the molecule is O=S(=O)(c1ccccc1)n1[c-]c(Br)c2ccccc21.[Li+]. The largest absolute Gasteiger partial charge is 1.00 e. The fourth-order valence-corrected chi connectivity index (χ4v) is 3.90. The average molecular weight is 342 g/mol. The molecule has 0 radical (unpaired) electrons. The Morgan fingerprint density at radius 2 is 1.55 bits per heavy atom. The molecule has 0 aliphatic rings. The van der Waals surface area contributed by atoms with Crippen molar-refractivity contribution in [3.63, 3.8) is 0 Å². The van der Waals surface area contributed by atoms with E-state index in [1.54, 1.807) is 42.5 Å². The third kappa shape index (κ3) is 2.47. The molecule has 0 saturated carbocycles. The molecule has 0 aliphatic carbocycles. The number of aromatic nitrogens is 1. The van der Waals surface area contributed by atoms with Crippen molar-refractivity contribution in [1.29, 1.82) is 0 Å². The molecule has 20 heavy (non-hydrogen) atoms. The Kier molecular flexibility index (Phi) is 4.45. The van der Waals surface area contributed by atoms with Crippen molar-refractivity contribution < 1.29 is 27.3 Å². The van der Waals surface area contributed by atoms with Crippen molar-refractivity contribution in [2.75, 3.05) is 0 Å². The van der Waals surface area contributed by atoms with Gasteiger partial charge in [-0.25, -0.2) is 8.42 Å². The van der Waals surface area contributed by atoms with E-state index in [4.69, 9.17) is 0 Å². The van der Waals surface area contributed by atoms with Crippen molar-refractivity contribution in [2.24, 2.45) is 0 Å². The van der Waals surface area contributed by atoms with Crippen LogP contribution in [-0.2, 0) is 10.0 Å². The normalized spacial score (nSPS) is 11.2. The van der Waals surface area contributed by atoms with E-state index in [9.17, 15) is 8.42 Å². The summed E-state index contributed by atoms with van der Waals surface area (Å²) < 4.78 is 27.0. The van der Waals surface area contributed by atoms with Gasteiger partial charge in [0.25, 0.3) is 0 Å². The molecule has 1 heterocycles. The van der Waals surface area contributed by atoms with Gasteiger partial charge >= 0.3 is 18.9 Å². The number of benzene rings is 2. The van der Waals surface area contributed by atoms with Gasteiger partial charge in [-0.15, -0.1) is 17.5 Å². The van der Waals surface area contributed by atoms with Crippen LogP contribution >= 0.6 is 15.9 Å². The maximum Gasteiger partial charge on any atom is 1.00 e. The zero-order chi connectivity index (χ0) is 13.5. The number of halogens is 1. The Balaban J connectivity index is 0.00000147. The molecule has 0 N–H and O–H groups in total. The van der Waals surface area contributed by atoms with Gasteiger partial charge in [0, 0.05) is 0 Å². The molecule has 0 fully saturated rings. The first kappa shape index (κ1) is 15.4. The number of hydrogen-bond donors (Lipinski definition) is 0. The van der Waals surface area contributed by atoms with Crippen molar-refractivity contribution in [3.05, 3.63) is 65.3 Å². The van der Waals surface area contributed by atoms with Gasteiger partial charge in [-0.05, 0) is 12.1 Å². The minimum atomic E-state index is -3.61. The standard InChI is InChI=1S/C14H9BrNO2S.Li/c15-13-10-16(14-9-5-4-8-12(13)14)19(17,18)11-6-2-1-3-7-11;/h1-9H;/q-1;+1. The first-order chi connectivity index (χ1) is 9.10. The van der Waals surface area contributed by atoms with Crippen LogP contribution in [-0.4, -0.2) is 12.4 Å². The van der Waals surface area contributed by atoms with Gasteiger partial charge < -0.3 is 3.97 Å². The minimum Gasteiger partial charge on any atom is -0.359 e. The summed E-state index contributed by atoms with van der Waals surface area (Å²) in [6, 6.07) is 15.6. The van der Waals surface area contributed by atoms with Crippen molar-refractivity contribution in [2.45, 2.75) is 4.90 Å². The molecule has 2 aromatic carbocycles. The third-order valence-corrected chi connectivity index (χ3v) is 5.08. The number of para-hydroxylation sites is 1. The second-order valence-corrected chi connectivity index (χ2v) is 6.61. The van der Waals surface area contributed by atoms with Crippen LogP contribution in [0, 0.1) is 6.20 Å². The molecular formula is C14H9BrLiNO2S. The fourth-order valence-electron chi connectivity index (χ4n) is 1.93. The Labute approximate surface area is 138 Å². The molecule has 0 saturated heterocycles. The summed E-state index contributed by atoms with van der Waals surface area (Å²) in [5, 5.41) is 0.821. The van der Waals surface area contributed by atoms with E-state index in [-0.39, 0.29) is 23.8 Å². The number of rotatable bonds is 2. The van der Waals surface area contributed by atoms with Crippen LogP contribution in [0.4, 0.5) is 0 Å². The van der Waals surface area contributed by atoms with Crippen LogP contribution in [0.25, 0.3) is 10.9 Å². The molecule has 0 spiro atoms. The van der Waals surface area contributed by atoms with Crippen molar-refractivity contribution in [3.8, 4) is 0 Å². The van der Waals surface area contributed by atoms with Crippen molar-refractivity contribution in [1.82, 2.24) is 3.97 Å². The molecule has 3 nitrogen and oxygen atoms in total. The molecule has 0 unspecified atom stereocenters. The first-order valence-corrected chi connectivity index (χ1v) is 7.83. The summed E-state index contributed by atoms with van der Waals surface area (Å²) in [5.74, 6) is 0. The minimum absolute atomic E-state index is 0. The van der Waals surface area contributed by atoms with E-state index >= 15 is 0 Å². The number of hydrogen-bond acceptors (Lipinski definition) is 2. The van der Waals surface area contributed by atoms with E-state index in [0.29, 0.717) is 9.99 Å². The molecule has 0 bridgehead atoms. The van der Waals surface area contributed by atoms with Gasteiger partial charge in [0.15, 0.2) is 0 Å². The van der Waals surface area contributed by atoms with Gasteiger partial charge in [-0.3, -0.25) is 0 Å². The number of nitrogens with zero attached hydrogens (tertiary/aromatic N) is 1. The van der Waals surface area contributed by atoms with Crippen LogP contribution in [0.5, 0.6) is 0 Å². The molecule has 3 rings (SSSR count). The summed E-state index contributed by atoms with van der Waals surface area (Å²) in [7, 11) is -3.61. The smallest absolute Gasteiger partial charge is 0.359 e. The van der Waals surface area contributed by atoms with E-state index in [1.807, 2.05) is 12.1 Å². The third-order valence-electron chi connectivity index (χ3n) is 2.84. The van der Waals surface area contributed by atoms with Crippen LogP contribution in [0.3, 0.4) is 0 Å². The van der Waals surface area contributed by atoms with E-state index < -0.39 is 10.0 Å². The fraction of sp³-hybridized carbons (Fsp3) is 0. The Hall–Kier alpha value is -0.993. The predicted octanol–water partition coefficient (Wildman–Crippen LogP) is 0.445. The summed E-state index contributed by atoms with van der Waals surface area (Å²) in [6.07, 6.45) is 2.84. The molecule has 3 aromatic rings. The van der Waals surface area contributed by atoms with Crippen LogP contribution in [0.2, 0.25) is 0 Å². The summed E-state index contributed by atoms with van der Waals surface area (Å²) >= 11 is 3.34. The molecule has 96 valence electrons. The summed E-state index contributed by atoms with van der Waals surface area (Å²) in [6.45, 7) is 0. The second kappa shape index (κ2) is 5.78. The summed E-state index contributed by atoms with van der Waals surface area (Å²) in [4.78, 5) is 0.250. The number of fused-ring (bicyclic) bond motifs is 1. The zero-order valence-electron chi connectivity index (χ0n) is 10.7. The Morgan fingerprint density at radius 1 is 0.950 bits per heavy atom. The Bertz CT molecular complexity index is 844. The average Bonchev–Trinajstić information content (AvgIpc) is 2.79. The summed E-state index contributed by atoms with van der Waals surface area (Å²) in [5.41, 5.74) is 0.609. The maximum absolute atomic E-state index is 12.6. The van der Waals surface area contributed by atoms with Gasteiger partial charge in [0.2, 0.25) is 10.0 Å². The first-order valence-electron chi connectivity index (χ1n) is 5.59. The van der Waals surface area contributed by atoms with Gasteiger partial charge in [0.1, 0.15) is 0 Å². The molecule has 0 atom stereocenters. The maximum atomic E-state index is 12.6. The Morgan fingerprint density at radius 3 is 2.25 bits per heavy atom. The molecule has 0 amide bonds. The van der Waals surface area contributed by atoms with E-state index in [2.05, 4.69) is 22.1 Å². The van der Waals surface area contributed by atoms with Gasteiger partial charge in [0.05, 0.1) is 4.90 Å². The predicted molar refractivity (Wildman–Crippen MR) is 77.5 cm³/mol. The van der Waals surface area contributed by atoms with E-state index in [0.717, 1.165) is 5.39 Å². The zero-order valence-corrected chi connectivity index (χ0v) is 13.1. The quantitative estimate of drug-likeness (QED) is 0.501. The second-order valence-electron chi connectivity index (χ2n) is 4.03. The van der Waals surface area contributed by atoms with Gasteiger partial charge in [-0.2, -0.15) is 0 Å². The molecular weight excluding hydrogens is 333 g/mol. The monoisotopic (exact) mass is 341 g/mol. The van der Waals surface area contributed by atoms with Crippen LogP contribution in [0.15, 0.2) is 64.0 Å².